The van der Waals surface area contributed by atoms with Crippen LogP contribution in [0.25, 0.3) is 5.52 Å². The number of ketones is 1. The van der Waals surface area contributed by atoms with Gasteiger partial charge < -0.3 is 16.3 Å². The molecule has 1 aliphatic rings. The maximum Gasteiger partial charge on any atom is 0.173 e. The summed E-state index contributed by atoms with van der Waals surface area (Å²) in [6, 6.07) is 5.79. The first-order chi connectivity index (χ1) is 12.6. The number of amidine groups is 1. The van der Waals surface area contributed by atoms with Gasteiger partial charge in [-0.1, -0.05) is 18.0 Å². The lowest BCUT2D eigenvalue weighted by molar-refractivity contribution is -0.119. The van der Waals surface area contributed by atoms with Crippen LogP contribution >= 0.6 is 0 Å². The molecule has 1 fully saturated rings. The molecule has 0 saturated heterocycles. The number of nitrogens with one attached hydrogen (secondary N) is 1. The number of nitrogens with zero attached hydrogens (tertiary/aromatic N) is 4. The summed E-state index contributed by atoms with van der Waals surface area (Å²) in [5, 5.41) is 28.7. The van der Waals surface area contributed by atoms with Crippen LogP contribution in [-0.2, 0) is 4.79 Å². The van der Waals surface area contributed by atoms with E-state index in [1.807, 2.05) is 24.4 Å². The molecular weight excluding hydrogens is 332 g/mol. The number of hydrogen-bond acceptors (Lipinski definition) is 6. The Hall–Kier alpha value is -3.08. The van der Waals surface area contributed by atoms with Gasteiger partial charge in [-0.05, 0) is 30.9 Å². The fourth-order valence-electron chi connectivity index (χ4n) is 3.67. The first kappa shape index (κ1) is 17.7. The highest BCUT2D eigenvalue weighted by atomic mass is 16.4. The summed E-state index contributed by atoms with van der Waals surface area (Å²) in [7, 11) is 0. The van der Waals surface area contributed by atoms with Crippen LogP contribution in [0.1, 0.15) is 44.1 Å². The van der Waals surface area contributed by atoms with E-state index in [-0.39, 0.29) is 30.0 Å². The number of oxime groups is 1. The van der Waals surface area contributed by atoms with Crippen LogP contribution in [0.5, 0.6) is 0 Å². The van der Waals surface area contributed by atoms with Gasteiger partial charge in [-0.15, -0.1) is 0 Å². The lowest BCUT2D eigenvalue weighted by Gasteiger charge is -2.33. The van der Waals surface area contributed by atoms with Crippen LogP contribution in [0.15, 0.2) is 29.7 Å². The SMILES string of the molecule is N#CCC(=O)C[C@@H]1CCCC[C@H]1Nc1c(C(N)=NO)cnn2cccc12. The fraction of sp³-hybridized carbons (Fsp3) is 0.444. The minimum Gasteiger partial charge on any atom is -0.409 e. The number of hydrogen-bond donors (Lipinski definition) is 3. The Balaban J connectivity index is 1.91. The number of carbonyl (C=O) groups excluding carboxylic acids is 1. The zero-order valence-corrected chi connectivity index (χ0v) is 14.4. The van der Waals surface area contributed by atoms with Crippen LogP contribution in [0.4, 0.5) is 5.69 Å². The molecule has 0 bridgehead atoms. The highest BCUT2D eigenvalue weighted by Gasteiger charge is 2.28. The van der Waals surface area contributed by atoms with Gasteiger partial charge in [0.15, 0.2) is 5.84 Å². The third kappa shape index (κ3) is 3.61. The molecule has 3 rings (SSSR count). The molecule has 1 aliphatic carbocycles. The number of carbonyl (C=O) groups is 1. The van der Waals surface area contributed by atoms with Crippen molar-refractivity contribution in [1.82, 2.24) is 9.61 Å². The lowest BCUT2D eigenvalue weighted by Crippen LogP contribution is -2.34. The fourth-order valence-corrected chi connectivity index (χ4v) is 3.67. The molecule has 0 amide bonds. The minimum atomic E-state index is -0.0448. The van der Waals surface area contributed by atoms with Gasteiger partial charge in [0, 0.05) is 18.7 Å². The normalized spacial score (nSPS) is 20.7. The van der Waals surface area contributed by atoms with Crippen LogP contribution in [0.3, 0.4) is 0 Å². The number of nitriles is 1. The highest BCUT2D eigenvalue weighted by Crippen LogP contribution is 2.32. The van der Waals surface area contributed by atoms with Crippen LogP contribution in [0, 0.1) is 17.2 Å². The number of anilines is 1. The molecule has 0 aromatic carbocycles. The van der Waals surface area contributed by atoms with Crippen molar-refractivity contribution in [2.75, 3.05) is 5.32 Å². The Bertz CT molecular complexity index is 866. The quantitative estimate of drug-likeness (QED) is 0.316. The Morgan fingerprint density at radius 2 is 2.31 bits per heavy atom. The average Bonchev–Trinajstić information content (AvgIpc) is 3.12. The zero-order valence-electron chi connectivity index (χ0n) is 14.4. The minimum absolute atomic E-state index is 0.0170. The number of Topliss-reactive ketones (excluding diaryl/α,β-unsaturated/α-hetero) is 1. The van der Waals surface area contributed by atoms with E-state index >= 15 is 0 Å². The second kappa shape index (κ2) is 7.87. The highest BCUT2D eigenvalue weighted by molar-refractivity contribution is 6.04. The molecular formula is C18H22N6O2. The molecule has 0 unspecified atom stereocenters. The molecule has 2 aromatic rings. The van der Waals surface area contributed by atoms with Gasteiger partial charge >= 0.3 is 0 Å². The van der Waals surface area contributed by atoms with Crippen molar-refractivity contribution in [3.8, 4) is 6.07 Å². The van der Waals surface area contributed by atoms with Gasteiger partial charge in [0.25, 0.3) is 0 Å². The molecule has 4 N–H and O–H groups in total. The van der Waals surface area contributed by atoms with Gasteiger partial charge in [0.1, 0.15) is 5.78 Å². The van der Waals surface area contributed by atoms with Crippen molar-refractivity contribution in [3.05, 3.63) is 30.1 Å². The molecule has 2 heterocycles. The second-order valence-electron chi connectivity index (χ2n) is 6.63. The van der Waals surface area contributed by atoms with Crippen molar-refractivity contribution in [1.29, 1.82) is 5.26 Å². The lowest BCUT2D eigenvalue weighted by atomic mass is 9.81. The van der Waals surface area contributed by atoms with Crippen molar-refractivity contribution < 1.29 is 10.0 Å². The molecule has 8 nitrogen and oxygen atoms in total. The topological polar surface area (TPSA) is 129 Å². The molecule has 0 spiro atoms. The van der Waals surface area contributed by atoms with E-state index in [9.17, 15) is 4.79 Å². The molecule has 2 atom stereocenters. The molecule has 0 radical (unpaired) electrons. The third-order valence-corrected chi connectivity index (χ3v) is 4.95. The van der Waals surface area contributed by atoms with Crippen LogP contribution in [-0.4, -0.2) is 32.5 Å². The van der Waals surface area contributed by atoms with Gasteiger partial charge in [0.05, 0.1) is 35.5 Å². The Morgan fingerprint density at radius 1 is 1.50 bits per heavy atom. The first-order valence-electron chi connectivity index (χ1n) is 8.73. The van der Waals surface area contributed by atoms with Crippen molar-refractivity contribution in [2.45, 2.75) is 44.6 Å². The summed E-state index contributed by atoms with van der Waals surface area (Å²) in [4.78, 5) is 12.0. The van der Waals surface area contributed by atoms with E-state index in [4.69, 9.17) is 16.2 Å². The molecule has 136 valence electrons. The van der Waals surface area contributed by atoms with Gasteiger partial charge in [-0.2, -0.15) is 10.4 Å². The molecule has 1 saturated carbocycles. The van der Waals surface area contributed by atoms with E-state index in [1.54, 1.807) is 10.7 Å². The van der Waals surface area contributed by atoms with Gasteiger partial charge in [0.2, 0.25) is 0 Å². The zero-order chi connectivity index (χ0) is 18.5. The summed E-state index contributed by atoms with van der Waals surface area (Å²) < 4.78 is 1.72. The average molecular weight is 354 g/mol. The summed E-state index contributed by atoms with van der Waals surface area (Å²) in [6.45, 7) is 0. The maximum absolute atomic E-state index is 12.0. The Morgan fingerprint density at radius 3 is 3.08 bits per heavy atom. The van der Waals surface area contributed by atoms with Gasteiger partial charge in [-0.25, -0.2) is 4.52 Å². The summed E-state index contributed by atoms with van der Waals surface area (Å²) in [5.41, 5.74) is 7.92. The van der Waals surface area contributed by atoms with Gasteiger partial charge in [-0.3, -0.25) is 4.79 Å². The predicted molar refractivity (Wildman–Crippen MR) is 96.9 cm³/mol. The van der Waals surface area contributed by atoms with E-state index in [1.165, 1.54) is 0 Å². The molecule has 0 aliphatic heterocycles. The summed E-state index contributed by atoms with van der Waals surface area (Å²) in [5.74, 6) is 0.120. The second-order valence-corrected chi connectivity index (χ2v) is 6.63. The number of fused-ring (bicyclic) bond motifs is 1. The standard InChI is InChI=1S/C18H22N6O2/c19-8-7-13(25)10-12-4-1-2-5-15(12)22-17-14(18(20)23-26)11-21-24-9-3-6-16(17)24/h3,6,9,11-12,15,22,26H,1-2,4-5,7,10H2,(H2,20,23)/t12-,15+/m0/s1. The van der Waals surface area contributed by atoms with Crippen molar-refractivity contribution >= 4 is 22.8 Å². The number of aromatic nitrogens is 2. The van der Waals surface area contributed by atoms with E-state index < -0.39 is 0 Å². The van der Waals surface area contributed by atoms with E-state index in [0.717, 1.165) is 36.9 Å². The van der Waals surface area contributed by atoms with Crippen LogP contribution in [0.2, 0.25) is 0 Å². The number of rotatable bonds is 6. The van der Waals surface area contributed by atoms with Crippen molar-refractivity contribution in [3.63, 3.8) is 0 Å². The van der Waals surface area contributed by atoms with Crippen LogP contribution < -0.4 is 11.1 Å². The first-order valence-corrected chi connectivity index (χ1v) is 8.73. The maximum atomic E-state index is 12.0. The predicted octanol–water partition coefficient (Wildman–Crippen LogP) is 2.27. The molecule has 2 aromatic heterocycles. The summed E-state index contributed by atoms with van der Waals surface area (Å²) >= 11 is 0. The largest absolute Gasteiger partial charge is 0.409 e. The van der Waals surface area contributed by atoms with E-state index in [0.29, 0.717) is 12.0 Å². The Labute approximate surface area is 151 Å². The molecule has 26 heavy (non-hydrogen) atoms. The monoisotopic (exact) mass is 354 g/mol. The summed E-state index contributed by atoms with van der Waals surface area (Å²) in [6.07, 6.45) is 7.75. The molecule has 8 heteroatoms. The number of nitrogens with two attached hydrogens (primary N) is 1. The Kier molecular flexibility index (Phi) is 5.37. The van der Waals surface area contributed by atoms with E-state index in [2.05, 4.69) is 15.6 Å². The smallest absolute Gasteiger partial charge is 0.173 e. The van der Waals surface area contributed by atoms with Crippen molar-refractivity contribution in [2.24, 2.45) is 16.8 Å². The third-order valence-electron chi connectivity index (χ3n) is 4.95.